The smallest absolute Gasteiger partial charge is 0.251 e. The zero-order valence-corrected chi connectivity index (χ0v) is 28.1. The van der Waals surface area contributed by atoms with Gasteiger partial charge >= 0.3 is 0 Å². The molecule has 0 saturated heterocycles. The summed E-state index contributed by atoms with van der Waals surface area (Å²) in [4.78, 5) is 27.2. The van der Waals surface area contributed by atoms with Crippen molar-refractivity contribution in [3.05, 3.63) is 131 Å². The second kappa shape index (κ2) is 16.4. The second-order valence-electron chi connectivity index (χ2n) is 11.5. The average molecular weight is 677 g/mol. The number of aliphatic hydroxyl groups excluding tert-OH is 1. The van der Waals surface area contributed by atoms with Gasteiger partial charge in [0.15, 0.2) is 0 Å². The molecule has 0 radical (unpaired) electrons. The number of sulfonamides is 1. The lowest BCUT2D eigenvalue weighted by molar-refractivity contribution is 0.0830. The number of halogens is 1. The monoisotopic (exact) mass is 676 g/mol. The van der Waals surface area contributed by atoms with Crippen LogP contribution in [0.15, 0.2) is 97.1 Å². The molecule has 0 heterocycles. The Labute approximate surface area is 281 Å². The maximum Gasteiger partial charge on any atom is 0.251 e. The van der Waals surface area contributed by atoms with Crippen molar-refractivity contribution in [1.82, 2.24) is 16.0 Å². The van der Waals surface area contributed by atoms with E-state index in [1.54, 1.807) is 6.07 Å². The fourth-order valence-electron chi connectivity index (χ4n) is 5.07. The molecule has 4 aromatic carbocycles. The normalized spacial score (nSPS) is 13.2. The van der Waals surface area contributed by atoms with E-state index < -0.39 is 39.8 Å². The topological polar surface area (TPSA) is 137 Å². The number of methoxy groups -OCH3 is 1. The first-order valence-corrected chi connectivity index (χ1v) is 17.2. The van der Waals surface area contributed by atoms with Crippen LogP contribution in [0.1, 0.15) is 50.4 Å². The molecule has 0 spiro atoms. The minimum Gasteiger partial charge on any atom is -0.497 e. The number of hydrogen-bond acceptors (Lipinski definition) is 7. The number of nitrogens with zero attached hydrogens (tertiary/aromatic N) is 1. The summed E-state index contributed by atoms with van der Waals surface area (Å²) in [5.41, 5.74) is 2.29. The molecule has 0 aromatic heterocycles. The van der Waals surface area contributed by atoms with E-state index in [0.717, 1.165) is 21.7 Å². The molecular weight excluding hydrogens is 635 g/mol. The van der Waals surface area contributed by atoms with Crippen molar-refractivity contribution >= 4 is 27.5 Å². The summed E-state index contributed by atoms with van der Waals surface area (Å²) in [5.74, 6) is -1.06. The predicted molar refractivity (Wildman–Crippen MR) is 184 cm³/mol. The lowest BCUT2D eigenvalue weighted by Crippen LogP contribution is -2.48. The zero-order chi connectivity index (χ0) is 34.8. The van der Waals surface area contributed by atoms with Crippen LogP contribution in [0.5, 0.6) is 5.75 Å². The van der Waals surface area contributed by atoms with Crippen LogP contribution in [0.3, 0.4) is 0 Å². The number of anilines is 1. The summed E-state index contributed by atoms with van der Waals surface area (Å²) in [6.07, 6.45) is 0.167. The number of hydrogen-bond donors (Lipinski definition) is 4. The molecule has 0 aliphatic carbocycles. The number of nitrogens with one attached hydrogen (secondary N) is 3. The van der Waals surface area contributed by atoms with Crippen LogP contribution in [-0.4, -0.2) is 64.4 Å². The standard InChI is InChI=1S/C36H41FN4O6S/c1-24(26-13-9-6-10-14-26)39-35(43)27-18-28(20-30(19-27)41(2)48(4,45)46)36(44)40-33(17-25-11-7-5-8-12-25)34(42)23-38-22-29-21-31(47-3)15-16-32(29)37/h5-16,18-21,24,33-34,38,42H,17,22-23H2,1-4H3,(H,39,43)(H,40,44)/t24-,33+,34-/m1/s1. The van der Waals surface area contributed by atoms with Crippen molar-refractivity contribution in [1.29, 1.82) is 0 Å². The van der Waals surface area contributed by atoms with Gasteiger partial charge in [0.2, 0.25) is 10.0 Å². The number of amides is 2. The molecule has 48 heavy (non-hydrogen) atoms. The van der Waals surface area contributed by atoms with Crippen molar-refractivity contribution in [2.24, 2.45) is 0 Å². The van der Waals surface area contributed by atoms with Crippen LogP contribution < -0.4 is 25.0 Å². The maximum atomic E-state index is 14.4. The van der Waals surface area contributed by atoms with E-state index in [1.165, 1.54) is 44.5 Å². The Morgan fingerprint density at radius 3 is 2.10 bits per heavy atom. The van der Waals surface area contributed by atoms with Gasteiger partial charge < -0.3 is 25.8 Å². The van der Waals surface area contributed by atoms with Gasteiger partial charge in [-0.3, -0.25) is 13.9 Å². The Morgan fingerprint density at radius 2 is 1.50 bits per heavy atom. The van der Waals surface area contributed by atoms with E-state index in [1.807, 2.05) is 67.6 Å². The van der Waals surface area contributed by atoms with E-state index in [9.17, 15) is 27.5 Å². The minimum atomic E-state index is -3.74. The number of rotatable bonds is 15. The summed E-state index contributed by atoms with van der Waals surface area (Å²) >= 11 is 0. The second-order valence-corrected chi connectivity index (χ2v) is 13.5. The molecule has 0 aliphatic heterocycles. The largest absolute Gasteiger partial charge is 0.497 e. The molecule has 10 nitrogen and oxygen atoms in total. The van der Waals surface area contributed by atoms with Crippen molar-refractivity contribution in [2.75, 3.05) is 31.3 Å². The first-order chi connectivity index (χ1) is 22.8. The van der Waals surface area contributed by atoms with Gasteiger partial charge in [-0.2, -0.15) is 0 Å². The fourth-order valence-corrected chi connectivity index (χ4v) is 5.55. The number of aliphatic hydroxyl groups is 1. The third-order valence-electron chi connectivity index (χ3n) is 7.95. The summed E-state index contributed by atoms with van der Waals surface area (Å²) in [5, 5.41) is 20.1. The molecule has 0 saturated carbocycles. The zero-order valence-electron chi connectivity index (χ0n) is 27.3. The number of carbonyl (C=O) groups excluding carboxylic acids is 2. The molecule has 0 unspecified atom stereocenters. The molecule has 12 heteroatoms. The van der Waals surface area contributed by atoms with Crippen LogP contribution in [0.2, 0.25) is 0 Å². The van der Waals surface area contributed by atoms with Crippen LogP contribution in [0.25, 0.3) is 0 Å². The quantitative estimate of drug-likeness (QED) is 0.148. The van der Waals surface area contributed by atoms with Crippen molar-refractivity contribution < 1.29 is 32.2 Å². The number of benzene rings is 4. The molecule has 4 N–H and O–H groups in total. The molecular formula is C36H41FN4O6S. The van der Waals surface area contributed by atoms with Gasteiger partial charge in [0, 0.05) is 36.8 Å². The van der Waals surface area contributed by atoms with Gasteiger partial charge in [-0.1, -0.05) is 60.7 Å². The van der Waals surface area contributed by atoms with Gasteiger partial charge in [0.1, 0.15) is 11.6 Å². The van der Waals surface area contributed by atoms with E-state index in [4.69, 9.17) is 4.74 Å². The summed E-state index contributed by atoms with van der Waals surface area (Å²) < 4.78 is 45.4. The Kier molecular flexibility index (Phi) is 12.3. The number of carbonyl (C=O) groups is 2. The molecule has 254 valence electrons. The first kappa shape index (κ1) is 36.1. The third-order valence-corrected chi connectivity index (χ3v) is 9.16. The highest BCUT2D eigenvalue weighted by atomic mass is 32.2. The molecule has 3 atom stereocenters. The van der Waals surface area contributed by atoms with E-state index in [2.05, 4.69) is 16.0 Å². The van der Waals surface area contributed by atoms with E-state index >= 15 is 0 Å². The predicted octanol–water partition coefficient (Wildman–Crippen LogP) is 4.21. The number of ether oxygens (including phenoxy) is 1. The van der Waals surface area contributed by atoms with Crippen LogP contribution in [0, 0.1) is 5.82 Å². The van der Waals surface area contributed by atoms with E-state index in [-0.39, 0.29) is 42.4 Å². The summed E-state index contributed by atoms with van der Waals surface area (Å²) in [7, 11) is -0.918. The van der Waals surface area contributed by atoms with Crippen LogP contribution in [0.4, 0.5) is 10.1 Å². The highest BCUT2D eigenvalue weighted by Gasteiger charge is 2.25. The lowest BCUT2D eigenvalue weighted by atomic mass is 9.99. The minimum absolute atomic E-state index is 0.0102. The highest BCUT2D eigenvalue weighted by Crippen LogP contribution is 2.23. The summed E-state index contributed by atoms with van der Waals surface area (Å²) in [6, 6.07) is 26.0. The van der Waals surface area contributed by atoms with Crippen molar-refractivity contribution in [2.45, 2.75) is 38.1 Å². The molecule has 0 fully saturated rings. The SMILES string of the molecule is COc1ccc(F)c(CNC[C@@H](O)[C@H](Cc2ccccc2)NC(=O)c2cc(C(=O)N[C@H](C)c3ccccc3)cc(N(C)S(C)(=O)=O)c2)c1. The maximum absolute atomic E-state index is 14.4. The molecule has 4 aromatic rings. The Balaban J connectivity index is 1.58. The molecule has 0 aliphatic rings. The Morgan fingerprint density at radius 1 is 0.896 bits per heavy atom. The van der Waals surface area contributed by atoms with Crippen molar-refractivity contribution in [3.8, 4) is 5.75 Å². The highest BCUT2D eigenvalue weighted by molar-refractivity contribution is 7.92. The van der Waals surface area contributed by atoms with Gasteiger partial charge in [0.25, 0.3) is 11.8 Å². The summed E-state index contributed by atoms with van der Waals surface area (Å²) in [6.45, 7) is 1.93. The first-order valence-electron chi connectivity index (χ1n) is 15.4. The van der Waals surface area contributed by atoms with Crippen molar-refractivity contribution in [3.63, 3.8) is 0 Å². The molecule has 2 amide bonds. The van der Waals surface area contributed by atoms with Gasteiger partial charge in [-0.25, -0.2) is 12.8 Å². The molecule has 4 rings (SSSR count). The Hall–Kier alpha value is -4.78. The van der Waals surface area contributed by atoms with Crippen LogP contribution >= 0.6 is 0 Å². The van der Waals surface area contributed by atoms with Gasteiger partial charge in [-0.05, 0) is 60.9 Å². The average Bonchev–Trinajstić information content (AvgIpc) is 3.08. The van der Waals surface area contributed by atoms with Gasteiger partial charge in [0.05, 0.1) is 37.2 Å². The lowest BCUT2D eigenvalue weighted by Gasteiger charge is -2.26. The molecule has 0 bridgehead atoms. The Bertz CT molecular complexity index is 1810. The fraction of sp³-hybridized carbons (Fsp3) is 0.278. The van der Waals surface area contributed by atoms with E-state index in [0.29, 0.717) is 11.3 Å². The van der Waals surface area contributed by atoms with Crippen LogP contribution in [-0.2, 0) is 23.0 Å². The van der Waals surface area contributed by atoms with Gasteiger partial charge in [-0.15, -0.1) is 0 Å². The third kappa shape index (κ3) is 9.86.